The Kier molecular flexibility index (Phi) is 20.3. The summed E-state index contributed by atoms with van der Waals surface area (Å²) >= 11 is 0. The Morgan fingerprint density at radius 3 is 1.13 bits per heavy atom. The molecule has 0 aliphatic heterocycles. The van der Waals surface area contributed by atoms with Crippen molar-refractivity contribution in [3.05, 3.63) is 84.0 Å². The Hall–Kier alpha value is -2.92. The number of hydrogen-bond acceptors (Lipinski definition) is 6. The van der Waals surface area contributed by atoms with Crippen LogP contribution in [-0.2, 0) is 26.2 Å². The van der Waals surface area contributed by atoms with Gasteiger partial charge in [-0.25, -0.2) is 23.3 Å². The maximum absolute atomic E-state index is 11.2. The minimum Gasteiger partial charge on any atom is -0.867 e. The summed E-state index contributed by atoms with van der Waals surface area (Å²) in [6.07, 6.45) is 22.2. The molecule has 0 heterocycles. The fourth-order valence-corrected chi connectivity index (χ4v) is 3.42. The molecule has 2 aromatic rings. The fourth-order valence-electron chi connectivity index (χ4n) is 3.42. The molecule has 6 nitrogen and oxygen atoms in total. The first-order chi connectivity index (χ1) is 18.4. The molecule has 0 atom stereocenters. The molecule has 0 radical (unpaired) electrons. The van der Waals surface area contributed by atoms with Crippen LogP contribution in [0.3, 0.4) is 0 Å². The first-order valence-electron chi connectivity index (χ1n) is 12.7. The standard InChI is InChI=1S/2C8H10O3.2C8H11.Zr/c2*1-10-6-4-3-5-7(11-2)8(6)9;2*1-2-5-8-6-3-4-7-8;/h2*3-5,9H,1-2H3;2*3,6H,2,4-5H2,1H3;/q;;2*-1;+4/p-2. The van der Waals surface area contributed by atoms with Gasteiger partial charge in [-0.3, -0.25) is 12.2 Å². The van der Waals surface area contributed by atoms with E-state index in [0.29, 0.717) is 23.0 Å². The van der Waals surface area contributed by atoms with E-state index in [-0.39, 0.29) is 37.7 Å². The average molecular weight is 612 g/mol. The van der Waals surface area contributed by atoms with E-state index in [1.807, 2.05) is 0 Å². The third kappa shape index (κ3) is 13.6. The van der Waals surface area contributed by atoms with Crippen LogP contribution < -0.4 is 29.2 Å². The number of methoxy groups -OCH3 is 4. The van der Waals surface area contributed by atoms with Crippen molar-refractivity contribution >= 4 is 0 Å². The van der Waals surface area contributed by atoms with Crippen molar-refractivity contribution in [2.75, 3.05) is 28.4 Å². The summed E-state index contributed by atoms with van der Waals surface area (Å²) in [5.41, 5.74) is 2.79. The summed E-state index contributed by atoms with van der Waals surface area (Å²) in [7, 11) is 5.82. The van der Waals surface area contributed by atoms with Crippen LogP contribution in [0.5, 0.6) is 34.5 Å². The number of para-hydroxylation sites is 2. The minimum absolute atomic E-state index is 0. The summed E-state index contributed by atoms with van der Waals surface area (Å²) in [6, 6.07) is 9.82. The largest absolute Gasteiger partial charge is 4.00 e. The van der Waals surface area contributed by atoms with Gasteiger partial charge in [0.2, 0.25) is 0 Å². The molecule has 0 spiro atoms. The Morgan fingerprint density at radius 1 is 0.615 bits per heavy atom. The van der Waals surface area contributed by atoms with Crippen LogP contribution in [0.25, 0.3) is 0 Å². The molecule has 2 aliphatic carbocycles. The van der Waals surface area contributed by atoms with Crippen LogP contribution in [0.2, 0.25) is 0 Å². The second kappa shape index (κ2) is 22.0. The first-order valence-corrected chi connectivity index (χ1v) is 12.7. The van der Waals surface area contributed by atoms with Crippen LogP contribution in [0.15, 0.2) is 71.8 Å². The molecule has 2 aromatic carbocycles. The molecular weight excluding hydrogens is 572 g/mol. The zero-order valence-corrected chi connectivity index (χ0v) is 26.4. The van der Waals surface area contributed by atoms with Gasteiger partial charge in [0.15, 0.2) is 0 Å². The van der Waals surface area contributed by atoms with Crippen LogP contribution in [0, 0.1) is 12.2 Å². The summed E-state index contributed by atoms with van der Waals surface area (Å²) < 4.78 is 19.2. The van der Waals surface area contributed by atoms with Gasteiger partial charge in [-0.05, 0) is 35.8 Å². The van der Waals surface area contributed by atoms with E-state index in [0.717, 1.165) is 12.8 Å². The molecule has 0 saturated heterocycles. The van der Waals surface area contributed by atoms with Crippen molar-refractivity contribution in [1.29, 1.82) is 0 Å². The molecule has 7 heteroatoms. The second-order valence-electron chi connectivity index (χ2n) is 8.10. The molecule has 0 fully saturated rings. The van der Waals surface area contributed by atoms with E-state index in [9.17, 15) is 10.2 Å². The van der Waals surface area contributed by atoms with Crippen molar-refractivity contribution in [3.8, 4) is 34.5 Å². The summed E-state index contributed by atoms with van der Waals surface area (Å²) in [5.74, 6) is 0.817. The summed E-state index contributed by atoms with van der Waals surface area (Å²) in [5, 5.41) is 22.4. The monoisotopic (exact) mass is 610 g/mol. The van der Waals surface area contributed by atoms with Gasteiger partial charge in [0.1, 0.15) is 23.0 Å². The van der Waals surface area contributed by atoms with E-state index in [2.05, 4.69) is 50.3 Å². The third-order valence-corrected chi connectivity index (χ3v) is 5.34. The Morgan fingerprint density at radius 2 is 0.923 bits per heavy atom. The van der Waals surface area contributed by atoms with E-state index >= 15 is 0 Å². The molecule has 4 rings (SSSR count). The van der Waals surface area contributed by atoms with Gasteiger partial charge in [0.05, 0.1) is 28.4 Å². The number of allylic oxidation sites excluding steroid dienone is 8. The molecule has 0 aromatic heterocycles. The van der Waals surface area contributed by atoms with Gasteiger partial charge < -0.3 is 29.2 Å². The molecule has 0 bridgehead atoms. The second-order valence-corrected chi connectivity index (χ2v) is 8.10. The van der Waals surface area contributed by atoms with Crippen LogP contribution in [0.4, 0.5) is 0 Å². The molecular formula is C32H40O6Zr. The smallest absolute Gasteiger partial charge is 0.867 e. The molecule has 0 saturated carbocycles. The van der Waals surface area contributed by atoms with Gasteiger partial charge in [0.25, 0.3) is 0 Å². The Labute approximate surface area is 253 Å². The maximum Gasteiger partial charge on any atom is 4.00 e. The molecule has 0 unspecified atom stereocenters. The van der Waals surface area contributed by atoms with Crippen LogP contribution in [-0.4, -0.2) is 28.4 Å². The zero-order chi connectivity index (χ0) is 28.2. The Balaban J connectivity index is 0.000000495. The van der Waals surface area contributed by atoms with Crippen molar-refractivity contribution in [1.82, 2.24) is 0 Å². The summed E-state index contributed by atoms with van der Waals surface area (Å²) in [6.45, 7) is 4.39. The van der Waals surface area contributed by atoms with E-state index < -0.39 is 0 Å². The molecule has 208 valence electrons. The predicted molar refractivity (Wildman–Crippen MR) is 149 cm³/mol. The van der Waals surface area contributed by atoms with Gasteiger partial charge in [-0.1, -0.05) is 51.7 Å². The van der Waals surface area contributed by atoms with E-state index in [4.69, 9.17) is 18.9 Å². The summed E-state index contributed by atoms with van der Waals surface area (Å²) in [4.78, 5) is 0. The molecule has 0 N–H and O–H groups in total. The minimum atomic E-state index is -0.211. The Bertz CT molecular complexity index is 942. The van der Waals surface area contributed by atoms with Crippen molar-refractivity contribution in [2.45, 2.75) is 52.4 Å². The van der Waals surface area contributed by atoms with Gasteiger partial charge in [-0.15, -0.1) is 12.8 Å². The van der Waals surface area contributed by atoms with Crippen LogP contribution in [0.1, 0.15) is 52.4 Å². The molecule has 2 aliphatic rings. The van der Waals surface area contributed by atoms with Gasteiger partial charge in [-0.2, -0.15) is 12.2 Å². The number of benzene rings is 2. The molecule has 39 heavy (non-hydrogen) atoms. The van der Waals surface area contributed by atoms with Crippen molar-refractivity contribution < 1.29 is 55.4 Å². The van der Waals surface area contributed by atoms with Crippen molar-refractivity contribution in [2.24, 2.45) is 0 Å². The quantitative estimate of drug-likeness (QED) is 0.317. The maximum atomic E-state index is 11.2. The van der Waals surface area contributed by atoms with Gasteiger partial charge in [0, 0.05) is 0 Å². The van der Waals surface area contributed by atoms with Gasteiger partial charge >= 0.3 is 26.2 Å². The van der Waals surface area contributed by atoms with E-state index in [1.54, 1.807) is 36.4 Å². The SMILES string of the molecule is CCCC1=[C-]CC=C1.CCCC1=[C-]CC=C1.COc1cccc(OC)c1[O-].COc1cccc(OC)c1[O-].[Zr+4]. The van der Waals surface area contributed by atoms with Crippen molar-refractivity contribution in [3.63, 3.8) is 0 Å². The number of hydrogen-bond donors (Lipinski definition) is 0. The van der Waals surface area contributed by atoms with Crippen LogP contribution >= 0.6 is 0 Å². The van der Waals surface area contributed by atoms with E-state index in [1.165, 1.54) is 65.3 Å². The number of ether oxygens (including phenoxy) is 4. The molecule has 0 amide bonds. The average Bonchev–Trinajstić information content (AvgIpc) is 3.65. The zero-order valence-electron chi connectivity index (χ0n) is 24.0. The third-order valence-electron chi connectivity index (χ3n) is 5.34. The fraction of sp³-hybridized carbons (Fsp3) is 0.375. The first kappa shape index (κ1) is 36.1. The topological polar surface area (TPSA) is 83.0 Å². The predicted octanol–water partition coefficient (Wildman–Crippen LogP) is 6.50. The normalized spacial score (nSPS) is 12.2. The number of rotatable bonds is 8.